The molecular formula is C11H5Cl2FN4O2S. The zero-order valence-electron chi connectivity index (χ0n) is 10.0. The molecule has 0 spiro atoms. The van der Waals surface area contributed by atoms with Crippen LogP contribution in [0.2, 0.25) is 10.2 Å². The predicted octanol–water partition coefficient (Wildman–Crippen LogP) is 2.59. The zero-order chi connectivity index (χ0) is 15.6. The van der Waals surface area contributed by atoms with Gasteiger partial charge in [-0.1, -0.05) is 23.2 Å². The predicted molar refractivity (Wildman–Crippen MR) is 74.0 cm³/mol. The molecule has 6 nitrogen and oxygen atoms in total. The number of nitriles is 1. The summed E-state index contributed by atoms with van der Waals surface area (Å²) in [6, 6.07) is 4.34. The summed E-state index contributed by atoms with van der Waals surface area (Å²) >= 11 is 11.4. The number of halogens is 3. The SMILES string of the molecule is N#Cc1cc(S(=O)(=O)Nc2ncnc(Cl)c2Cl)ccc1F. The minimum atomic E-state index is -4.10. The largest absolute Gasteiger partial charge is 0.263 e. The molecule has 2 aromatic rings. The van der Waals surface area contributed by atoms with E-state index in [1.807, 2.05) is 0 Å². The lowest BCUT2D eigenvalue weighted by Gasteiger charge is -2.09. The molecule has 1 heterocycles. The van der Waals surface area contributed by atoms with Crippen LogP contribution >= 0.6 is 23.2 Å². The van der Waals surface area contributed by atoms with Crippen LogP contribution in [0.5, 0.6) is 0 Å². The van der Waals surface area contributed by atoms with E-state index in [9.17, 15) is 12.8 Å². The van der Waals surface area contributed by atoms with Crippen LogP contribution < -0.4 is 4.72 Å². The summed E-state index contributed by atoms with van der Waals surface area (Å²) in [7, 11) is -4.10. The van der Waals surface area contributed by atoms with Crippen molar-refractivity contribution < 1.29 is 12.8 Å². The molecule has 0 amide bonds. The number of hydrogen-bond acceptors (Lipinski definition) is 5. The molecule has 0 bridgehead atoms. The summed E-state index contributed by atoms with van der Waals surface area (Å²) in [6.07, 6.45) is 1.03. The molecule has 0 aliphatic heterocycles. The molecule has 0 saturated carbocycles. The lowest BCUT2D eigenvalue weighted by molar-refractivity contribution is 0.599. The van der Waals surface area contributed by atoms with Crippen LogP contribution in [0.4, 0.5) is 10.2 Å². The lowest BCUT2D eigenvalue weighted by Crippen LogP contribution is -2.15. The first-order chi connectivity index (χ1) is 9.85. The van der Waals surface area contributed by atoms with Crippen LogP contribution in [-0.2, 0) is 10.0 Å². The van der Waals surface area contributed by atoms with Crippen molar-refractivity contribution in [2.24, 2.45) is 0 Å². The maximum absolute atomic E-state index is 13.2. The second-order valence-electron chi connectivity index (χ2n) is 3.69. The Morgan fingerprint density at radius 3 is 2.67 bits per heavy atom. The van der Waals surface area contributed by atoms with Gasteiger partial charge in [-0.25, -0.2) is 22.8 Å². The van der Waals surface area contributed by atoms with E-state index >= 15 is 0 Å². The van der Waals surface area contributed by atoms with Crippen molar-refractivity contribution in [3.63, 3.8) is 0 Å². The number of hydrogen-bond donors (Lipinski definition) is 1. The maximum Gasteiger partial charge on any atom is 0.263 e. The summed E-state index contributed by atoms with van der Waals surface area (Å²) in [4.78, 5) is 6.92. The third kappa shape index (κ3) is 3.21. The minimum Gasteiger partial charge on any atom is -0.262 e. The summed E-state index contributed by atoms with van der Waals surface area (Å²) in [5.41, 5.74) is -0.398. The van der Waals surface area contributed by atoms with Crippen molar-refractivity contribution >= 4 is 39.0 Å². The zero-order valence-corrected chi connectivity index (χ0v) is 12.3. The smallest absolute Gasteiger partial charge is 0.262 e. The van der Waals surface area contributed by atoms with Gasteiger partial charge in [0.05, 0.1) is 10.5 Å². The van der Waals surface area contributed by atoms with Gasteiger partial charge in [0.2, 0.25) is 0 Å². The van der Waals surface area contributed by atoms with Gasteiger partial charge in [-0.3, -0.25) is 4.72 Å². The van der Waals surface area contributed by atoms with Crippen molar-refractivity contribution in [1.82, 2.24) is 9.97 Å². The summed E-state index contributed by atoms with van der Waals surface area (Å²) in [6.45, 7) is 0. The number of nitrogens with one attached hydrogen (secondary N) is 1. The molecule has 0 fully saturated rings. The topological polar surface area (TPSA) is 95.7 Å². The molecule has 108 valence electrons. The number of rotatable bonds is 3. The first kappa shape index (κ1) is 15.4. The Bertz CT molecular complexity index is 852. The van der Waals surface area contributed by atoms with Gasteiger partial charge in [0.1, 0.15) is 23.2 Å². The second kappa shape index (κ2) is 5.81. The third-order valence-electron chi connectivity index (χ3n) is 2.35. The van der Waals surface area contributed by atoms with Crippen LogP contribution in [0.3, 0.4) is 0 Å². The van der Waals surface area contributed by atoms with Gasteiger partial charge >= 0.3 is 0 Å². The Morgan fingerprint density at radius 1 is 1.29 bits per heavy atom. The van der Waals surface area contributed by atoms with E-state index in [0.717, 1.165) is 24.5 Å². The van der Waals surface area contributed by atoms with E-state index in [0.29, 0.717) is 0 Å². The molecule has 0 saturated heterocycles. The molecule has 1 aromatic carbocycles. The summed E-state index contributed by atoms with van der Waals surface area (Å²) in [5, 5.41) is 8.41. The number of anilines is 1. The fourth-order valence-corrected chi connectivity index (χ4v) is 2.74. The van der Waals surface area contributed by atoms with Crippen molar-refractivity contribution in [3.05, 3.63) is 46.1 Å². The van der Waals surface area contributed by atoms with Crippen molar-refractivity contribution in [2.45, 2.75) is 4.90 Å². The average molecular weight is 347 g/mol. The minimum absolute atomic E-state index is 0.124. The van der Waals surface area contributed by atoms with Gasteiger partial charge in [-0.05, 0) is 18.2 Å². The normalized spacial score (nSPS) is 11.0. The van der Waals surface area contributed by atoms with Gasteiger partial charge < -0.3 is 0 Å². The number of sulfonamides is 1. The molecule has 0 aliphatic rings. The maximum atomic E-state index is 13.2. The molecule has 0 radical (unpaired) electrons. The second-order valence-corrected chi connectivity index (χ2v) is 6.10. The van der Waals surface area contributed by atoms with Crippen molar-refractivity contribution in [2.75, 3.05) is 4.72 Å². The highest BCUT2D eigenvalue weighted by molar-refractivity contribution is 7.92. The Hall–Kier alpha value is -1.95. The standard InChI is InChI=1S/C11H5Cl2FN4O2S/c12-9-10(13)16-5-17-11(9)18-21(19,20)7-1-2-8(14)6(3-7)4-15/h1-3,5H,(H,16,17,18). The lowest BCUT2D eigenvalue weighted by atomic mass is 10.2. The van der Waals surface area contributed by atoms with Crippen LogP contribution in [0.1, 0.15) is 5.56 Å². The fraction of sp³-hybridized carbons (Fsp3) is 0. The molecule has 1 aromatic heterocycles. The van der Waals surface area contributed by atoms with Crippen LogP contribution in [0.15, 0.2) is 29.4 Å². The average Bonchev–Trinajstić information content (AvgIpc) is 2.44. The Morgan fingerprint density at radius 2 is 2.00 bits per heavy atom. The van der Waals surface area contributed by atoms with Gasteiger partial charge in [-0.15, -0.1) is 0 Å². The molecule has 0 atom stereocenters. The molecule has 10 heteroatoms. The summed E-state index contributed by atoms with van der Waals surface area (Å²) < 4.78 is 39.6. The molecule has 1 N–H and O–H groups in total. The molecule has 21 heavy (non-hydrogen) atoms. The van der Waals surface area contributed by atoms with Crippen molar-refractivity contribution in [3.8, 4) is 6.07 Å². The van der Waals surface area contributed by atoms with Gasteiger partial charge in [0.25, 0.3) is 10.0 Å². The van der Waals surface area contributed by atoms with Crippen molar-refractivity contribution in [1.29, 1.82) is 5.26 Å². The van der Waals surface area contributed by atoms with E-state index < -0.39 is 21.4 Å². The molecule has 0 aliphatic carbocycles. The number of nitrogens with zero attached hydrogens (tertiary/aromatic N) is 3. The molecule has 2 rings (SSSR count). The van der Waals surface area contributed by atoms with E-state index in [2.05, 4.69) is 14.7 Å². The van der Waals surface area contributed by atoms with Crippen LogP contribution in [-0.4, -0.2) is 18.4 Å². The van der Waals surface area contributed by atoms with E-state index in [4.69, 9.17) is 28.5 Å². The number of benzene rings is 1. The fourth-order valence-electron chi connectivity index (χ4n) is 1.36. The highest BCUT2D eigenvalue weighted by Gasteiger charge is 2.19. The highest BCUT2D eigenvalue weighted by atomic mass is 35.5. The van der Waals surface area contributed by atoms with Gasteiger partial charge in [0.15, 0.2) is 11.0 Å². The first-order valence-corrected chi connectivity index (χ1v) is 7.47. The van der Waals surface area contributed by atoms with Gasteiger partial charge in [-0.2, -0.15) is 5.26 Å². The van der Waals surface area contributed by atoms with E-state index in [1.54, 1.807) is 6.07 Å². The number of aromatic nitrogens is 2. The first-order valence-electron chi connectivity index (χ1n) is 5.23. The van der Waals surface area contributed by atoms with E-state index in [-0.39, 0.29) is 20.9 Å². The Balaban J connectivity index is 2.44. The highest BCUT2D eigenvalue weighted by Crippen LogP contribution is 2.27. The third-order valence-corrected chi connectivity index (χ3v) is 4.42. The Kier molecular flexibility index (Phi) is 4.27. The molecule has 0 unspecified atom stereocenters. The van der Waals surface area contributed by atoms with Crippen LogP contribution in [0.25, 0.3) is 0 Å². The van der Waals surface area contributed by atoms with Crippen LogP contribution in [0, 0.1) is 17.1 Å². The van der Waals surface area contributed by atoms with Gasteiger partial charge in [0, 0.05) is 0 Å². The Labute approximate surface area is 129 Å². The molecular weight excluding hydrogens is 342 g/mol. The monoisotopic (exact) mass is 346 g/mol. The summed E-state index contributed by atoms with van der Waals surface area (Å²) in [5.74, 6) is -1.04. The quantitative estimate of drug-likeness (QED) is 0.861. The van der Waals surface area contributed by atoms with E-state index in [1.165, 1.54) is 0 Å².